The van der Waals surface area contributed by atoms with Gasteiger partial charge < -0.3 is 20.1 Å². The minimum Gasteiger partial charge on any atom is -0.493 e. The lowest BCUT2D eigenvalue weighted by Gasteiger charge is -2.18. The molecular weight excluding hydrogens is 372 g/mol. The number of quaternary nitrogens is 1. The van der Waals surface area contributed by atoms with Crippen molar-refractivity contribution in [3.8, 4) is 11.5 Å². The minimum absolute atomic E-state index is 0.199. The number of carbonyl (C=O) groups is 1. The molecule has 1 atom stereocenters. The standard InChI is InChI=1S/C21H24N4O4/c1-24(11-14-8-9-17(28-2)18(10-14)29-3)13-20-23-16-7-5-4-6-15(16)21(27)25(20)12-19(22)26/h4-10H,11-13H2,1-3H3,(H2,22,26)/p+1. The molecule has 1 heterocycles. The number of aromatic nitrogens is 2. The third-order valence-electron chi connectivity index (χ3n) is 4.67. The maximum absolute atomic E-state index is 12.9. The van der Waals surface area contributed by atoms with E-state index in [2.05, 4.69) is 4.98 Å². The van der Waals surface area contributed by atoms with Crippen molar-refractivity contribution in [2.45, 2.75) is 19.6 Å². The van der Waals surface area contributed by atoms with Crippen LogP contribution in [0.5, 0.6) is 11.5 Å². The molecule has 1 aromatic heterocycles. The first-order valence-electron chi connectivity index (χ1n) is 9.22. The van der Waals surface area contributed by atoms with Gasteiger partial charge in [0, 0.05) is 5.56 Å². The van der Waals surface area contributed by atoms with Gasteiger partial charge in [-0.25, -0.2) is 4.98 Å². The Hall–Kier alpha value is -3.39. The molecule has 3 aromatic rings. The SMILES string of the molecule is COc1ccc(C[NH+](C)Cc2nc3ccccc3c(=O)n2CC(N)=O)cc1OC. The van der Waals surface area contributed by atoms with E-state index in [0.717, 1.165) is 10.5 Å². The first-order valence-corrected chi connectivity index (χ1v) is 9.22. The molecule has 29 heavy (non-hydrogen) atoms. The van der Waals surface area contributed by atoms with Gasteiger partial charge in [-0.3, -0.25) is 14.2 Å². The molecule has 0 fully saturated rings. The molecule has 8 heteroatoms. The van der Waals surface area contributed by atoms with Crippen molar-refractivity contribution in [1.29, 1.82) is 0 Å². The fourth-order valence-corrected chi connectivity index (χ4v) is 3.34. The number of para-hydroxylation sites is 1. The molecule has 8 nitrogen and oxygen atoms in total. The molecule has 0 saturated carbocycles. The third-order valence-corrected chi connectivity index (χ3v) is 4.67. The van der Waals surface area contributed by atoms with Gasteiger partial charge in [-0.05, 0) is 30.3 Å². The predicted octanol–water partition coefficient (Wildman–Crippen LogP) is 0.114. The number of nitrogens with zero attached hydrogens (tertiary/aromatic N) is 2. The summed E-state index contributed by atoms with van der Waals surface area (Å²) in [6.45, 7) is 0.914. The van der Waals surface area contributed by atoms with Crippen LogP contribution in [0.25, 0.3) is 10.9 Å². The number of nitrogens with one attached hydrogen (secondary N) is 1. The van der Waals surface area contributed by atoms with Gasteiger partial charge in [-0.2, -0.15) is 0 Å². The number of benzene rings is 2. The molecule has 1 unspecified atom stereocenters. The van der Waals surface area contributed by atoms with Crippen LogP contribution in [-0.2, 0) is 24.4 Å². The lowest BCUT2D eigenvalue weighted by molar-refractivity contribution is -0.908. The summed E-state index contributed by atoms with van der Waals surface area (Å²) >= 11 is 0. The van der Waals surface area contributed by atoms with Gasteiger partial charge >= 0.3 is 0 Å². The first-order chi connectivity index (χ1) is 13.9. The number of nitrogens with two attached hydrogens (primary N) is 1. The number of primary amides is 1. The average molecular weight is 397 g/mol. The average Bonchev–Trinajstić information content (AvgIpc) is 2.70. The molecule has 152 valence electrons. The van der Waals surface area contributed by atoms with E-state index in [1.807, 2.05) is 31.3 Å². The van der Waals surface area contributed by atoms with Crippen molar-refractivity contribution >= 4 is 16.8 Å². The number of hydrogen-bond donors (Lipinski definition) is 2. The zero-order valence-corrected chi connectivity index (χ0v) is 16.8. The van der Waals surface area contributed by atoms with Gasteiger partial charge in [0.1, 0.15) is 19.6 Å². The summed E-state index contributed by atoms with van der Waals surface area (Å²) < 4.78 is 12.0. The van der Waals surface area contributed by atoms with E-state index in [1.54, 1.807) is 32.4 Å². The van der Waals surface area contributed by atoms with Gasteiger partial charge in [0.2, 0.25) is 5.91 Å². The number of ether oxygens (including phenoxy) is 2. The van der Waals surface area contributed by atoms with Crippen LogP contribution in [0.2, 0.25) is 0 Å². The van der Waals surface area contributed by atoms with E-state index >= 15 is 0 Å². The van der Waals surface area contributed by atoms with Crippen LogP contribution in [0.1, 0.15) is 11.4 Å². The monoisotopic (exact) mass is 397 g/mol. The van der Waals surface area contributed by atoms with Crippen LogP contribution in [0.3, 0.4) is 0 Å². The van der Waals surface area contributed by atoms with Crippen LogP contribution in [-0.4, -0.2) is 36.7 Å². The van der Waals surface area contributed by atoms with E-state index in [-0.39, 0.29) is 12.1 Å². The summed E-state index contributed by atoms with van der Waals surface area (Å²) in [7, 11) is 5.19. The Morgan fingerprint density at radius 1 is 1.10 bits per heavy atom. The molecule has 0 radical (unpaired) electrons. The molecule has 3 rings (SSSR count). The summed E-state index contributed by atoms with van der Waals surface area (Å²) in [5, 5.41) is 0.468. The lowest BCUT2D eigenvalue weighted by Crippen LogP contribution is -3.06. The Morgan fingerprint density at radius 2 is 1.83 bits per heavy atom. The quantitative estimate of drug-likeness (QED) is 0.562. The number of amides is 1. The van der Waals surface area contributed by atoms with Gasteiger partial charge in [0.15, 0.2) is 17.3 Å². The Balaban J connectivity index is 1.90. The lowest BCUT2D eigenvalue weighted by atomic mass is 10.2. The summed E-state index contributed by atoms with van der Waals surface area (Å²) in [4.78, 5) is 30.1. The van der Waals surface area contributed by atoms with Gasteiger partial charge in [0.25, 0.3) is 5.56 Å². The van der Waals surface area contributed by atoms with Crippen LogP contribution >= 0.6 is 0 Å². The highest BCUT2D eigenvalue weighted by Crippen LogP contribution is 2.27. The van der Waals surface area contributed by atoms with Gasteiger partial charge in [0.05, 0.1) is 32.2 Å². The predicted molar refractivity (Wildman–Crippen MR) is 109 cm³/mol. The number of rotatable bonds is 8. The summed E-state index contributed by atoms with van der Waals surface area (Å²) in [5.74, 6) is 1.26. The fraction of sp³-hybridized carbons (Fsp3) is 0.286. The molecule has 0 spiro atoms. The molecule has 1 amide bonds. The van der Waals surface area contributed by atoms with E-state index in [9.17, 15) is 9.59 Å². The zero-order chi connectivity index (χ0) is 21.0. The fourth-order valence-electron chi connectivity index (χ4n) is 3.34. The van der Waals surface area contributed by atoms with Gasteiger partial charge in [-0.15, -0.1) is 0 Å². The minimum atomic E-state index is -0.581. The highest BCUT2D eigenvalue weighted by atomic mass is 16.5. The Bertz CT molecular complexity index is 1090. The van der Waals surface area contributed by atoms with Crippen LogP contribution in [0.15, 0.2) is 47.3 Å². The van der Waals surface area contributed by atoms with Crippen molar-refractivity contribution in [2.75, 3.05) is 21.3 Å². The van der Waals surface area contributed by atoms with Crippen LogP contribution < -0.4 is 25.7 Å². The number of methoxy groups -OCH3 is 2. The number of carbonyl (C=O) groups excluding carboxylic acids is 1. The molecule has 3 N–H and O–H groups in total. The first kappa shape index (κ1) is 20.3. The second kappa shape index (κ2) is 8.74. The molecule has 0 aliphatic rings. The summed E-state index contributed by atoms with van der Waals surface area (Å²) in [6, 6.07) is 12.8. The molecule has 2 aromatic carbocycles. The maximum Gasteiger partial charge on any atom is 0.262 e. The zero-order valence-electron chi connectivity index (χ0n) is 16.8. The smallest absolute Gasteiger partial charge is 0.262 e. The Labute approximate surface area is 168 Å². The van der Waals surface area contributed by atoms with Crippen molar-refractivity contribution in [1.82, 2.24) is 9.55 Å². The second-order valence-corrected chi connectivity index (χ2v) is 6.90. The molecule has 0 aliphatic carbocycles. The highest BCUT2D eigenvalue weighted by Gasteiger charge is 2.17. The maximum atomic E-state index is 12.9. The normalized spacial score (nSPS) is 12.0. The highest BCUT2D eigenvalue weighted by molar-refractivity contribution is 5.78. The molecule has 0 saturated heterocycles. The van der Waals surface area contributed by atoms with Crippen LogP contribution in [0, 0.1) is 0 Å². The van der Waals surface area contributed by atoms with Crippen molar-refractivity contribution in [3.05, 3.63) is 64.2 Å². The van der Waals surface area contributed by atoms with Crippen molar-refractivity contribution in [3.63, 3.8) is 0 Å². The summed E-state index contributed by atoms with van der Waals surface area (Å²) in [6.07, 6.45) is 0. The van der Waals surface area contributed by atoms with Gasteiger partial charge in [-0.1, -0.05) is 12.1 Å². The Kier molecular flexibility index (Phi) is 6.13. The largest absolute Gasteiger partial charge is 0.493 e. The number of hydrogen-bond acceptors (Lipinski definition) is 5. The molecule has 0 bridgehead atoms. The van der Waals surface area contributed by atoms with Crippen LogP contribution in [0.4, 0.5) is 0 Å². The van der Waals surface area contributed by atoms with E-state index in [0.29, 0.717) is 41.3 Å². The van der Waals surface area contributed by atoms with Crippen molar-refractivity contribution in [2.24, 2.45) is 5.73 Å². The number of fused-ring (bicyclic) bond motifs is 1. The topological polar surface area (TPSA) is 101 Å². The Morgan fingerprint density at radius 3 is 2.52 bits per heavy atom. The summed E-state index contributed by atoms with van der Waals surface area (Å²) in [5.41, 5.74) is 6.75. The molecular formula is C21H25N4O4+. The van der Waals surface area contributed by atoms with Crippen molar-refractivity contribution < 1.29 is 19.2 Å². The van der Waals surface area contributed by atoms with E-state index in [1.165, 1.54) is 4.57 Å². The van der Waals surface area contributed by atoms with E-state index in [4.69, 9.17) is 15.2 Å². The third kappa shape index (κ3) is 4.55. The second-order valence-electron chi connectivity index (χ2n) is 6.90. The van der Waals surface area contributed by atoms with E-state index < -0.39 is 5.91 Å². The molecule has 0 aliphatic heterocycles.